The number of hydrogen-bond acceptors (Lipinski definition) is 4. The van der Waals surface area contributed by atoms with Gasteiger partial charge in [0.15, 0.2) is 10.9 Å². The quantitative estimate of drug-likeness (QED) is 0.650. The van der Waals surface area contributed by atoms with E-state index >= 15 is 0 Å². The highest BCUT2D eigenvalue weighted by molar-refractivity contribution is 8.00. The van der Waals surface area contributed by atoms with Crippen molar-refractivity contribution >= 4 is 52.2 Å². The fourth-order valence-corrected chi connectivity index (χ4v) is 3.75. The molecule has 0 aromatic heterocycles. The fraction of sp³-hybridized carbons (Fsp3) is 0.167. The summed E-state index contributed by atoms with van der Waals surface area (Å²) in [5.41, 5.74) is 3.33. The van der Waals surface area contributed by atoms with Crippen LogP contribution in [0, 0.1) is 6.92 Å². The van der Waals surface area contributed by atoms with Gasteiger partial charge in [0.25, 0.3) is 0 Å². The molecular formula is C18H16N2O2S2. The Kier molecular flexibility index (Phi) is 4.69. The summed E-state index contributed by atoms with van der Waals surface area (Å²) in [6, 6.07) is 13.0. The minimum absolute atomic E-state index is 0.0108. The summed E-state index contributed by atoms with van der Waals surface area (Å²) in [6.07, 6.45) is 0. The number of aryl methyl sites for hydroxylation is 1. The lowest BCUT2D eigenvalue weighted by molar-refractivity contribution is -0.115. The SMILES string of the molecule is CC(=O)c1ccc(NC(=S)N2C(=O)CSc3cc(C)ccc32)cc1. The van der Waals surface area contributed by atoms with Gasteiger partial charge in [-0.3, -0.25) is 14.5 Å². The molecule has 0 atom stereocenters. The van der Waals surface area contributed by atoms with Crippen LogP contribution in [0.1, 0.15) is 22.8 Å². The van der Waals surface area contributed by atoms with Gasteiger partial charge in [0.1, 0.15) is 0 Å². The van der Waals surface area contributed by atoms with E-state index in [1.54, 1.807) is 29.2 Å². The minimum atomic E-state index is -0.0470. The molecule has 0 unspecified atom stereocenters. The molecule has 0 spiro atoms. The zero-order chi connectivity index (χ0) is 17.3. The predicted molar refractivity (Wildman–Crippen MR) is 102 cm³/mol. The molecule has 0 aliphatic carbocycles. The lowest BCUT2D eigenvalue weighted by Crippen LogP contribution is -2.43. The predicted octanol–water partition coefficient (Wildman–Crippen LogP) is 4.03. The zero-order valence-electron chi connectivity index (χ0n) is 13.3. The second-order valence-corrected chi connectivity index (χ2v) is 6.96. The highest BCUT2D eigenvalue weighted by Gasteiger charge is 2.28. The number of anilines is 2. The Labute approximate surface area is 150 Å². The van der Waals surface area contributed by atoms with Crippen LogP contribution in [0.15, 0.2) is 47.4 Å². The Morgan fingerprint density at radius 1 is 1.21 bits per heavy atom. The summed E-state index contributed by atoms with van der Waals surface area (Å²) < 4.78 is 0. The standard InChI is InChI=1S/C18H16N2O2S2/c1-11-3-8-15-16(9-11)24-10-17(22)20(15)18(23)19-14-6-4-13(5-7-14)12(2)21/h3-9H,10H2,1-2H3,(H,19,23). The number of hydrogen-bond donors (Lipinski definition) is 1. The maximum absolute atomic E-state index is 12.3. The number of ketones is 1. The van der Waals surface area contributed by atoms with E-state index < -0.39 is 0 Å². The number of Topliss-reactive ketones (excluding diaryl/α,β-unsaturated/α-hetero) is 1. The van der Waals surface area contributed by atoms with Crippen molar-refractivity contribution in [2.24, 2.45) is 0 Å². The Hall–Kier alpha value is -2.18. The number of rotatable bonds is 2. The van der Waals surface area contributed by atoms with Crippen molar-refractivity contribution < 1.29 is 9.59 Å². The van der Waals surface area contributed by atoms with Crippen molar-refractivity contribution in [1.29, 1.82) is 0 Å². The number of thiocarbonyl (C=S) groups is 1. The van der Waals surface area contributed by atoms with E-state index in [-0.39, 0.29) is 11.7 Å². The third kappa shape index (κ3) is 3.34. The molecule has 1 N–H and O–H groups in total. The number of thioether (sulfide) groups is 1. The van der Waals surface area contributed by atoms with Crippen LogP contribution in [0.5, 0.6) is 0 Å². The molecule has 0 radical (unpaired) electrons. The number of nitrogens with zero attached hydrogens (tertiary/aromatic N) is 1. The van der Waals surface area contributed by atoms with E-state index in [0.29, 0.717) is 16.4 Å². The monoisotopic (exact) mass is 356 g/mol. The average Bonchev–Trinajstić information content (AvgIpc) is 2.55. The number of nitrogens with one attached hydrogen (secondary N) is 1. The van der Waals surface area contributed by atoms with Crippen molar-refractivity contribution in [3.8, 4) is 0 Å². The molecule has 0 bridgehead atoms. The largest absolute Gasteiger partial charge is 0.332 e. The van der Waals surface area contributed by atoms with Crippen LogP contribution in [0.3, 0.4) is 0 Å². The van der Waals surface area contributed by atoms with Crippen LogP contribution in [-0.2, 0) is 4.79 Å². The highest BCUT2D eigenvalue weighted by atomic mass is 32.2. The molecule has 0 saturated heterocycles. The van der Waals surface area contributed by atoms with Crippen LogP contribution >= 0.6 is 24.0 Å². The average molecular weight is 356 g/mol. The number of fused-ring (bicyclic) bond motifs is 1. The molecule has 24 heavy (non-hydrogen) atoms. The second kappa shape index (κ2) is 6.75. The summed E-state index contributed by atoms with van der Waals surface area (Å²) in [5, 5.41) is 3.41. The smallest absolute Gasteiger partial charge is 0.243 e. The maximum Gasteiger partial charge on any atom is 0.243 e. The van der Waals surface area contributed by atoms with Crippen LogP contribution < -0.4 is 10.2 Å². The van der Waals surface area contributed by atoms with Crippen LogP contribution in [0.4, 0.5) is 11.4 Å². The van der Waals surface area contributed by atoms with E-state index in [2.05, 4.69) is 11.4 Å². The Morgan fingerprint density at radius 3 is 2.58 bits per heavy atom. The third-order valence-corrected chi connectivity index (χ3v) is 5.02. The Bertz CT molecular complexity index is 831. The number of carbonyl (C=O) groups excluding carboxylic acids is 2. The van der Waals surface area contributed by atoms with Crippen molar-refractivity contribution in [3.05, 3.63) is 53.6 Å². The first kappa shape index (κ1) is 16.7. The number of amides is 1. The van der Waals surface area contributed by atoms with E-state index in [0.717, 1.165) is 21.8 Å². The van der Waals surface area contributed by atoms with Gasteiger partial charge >= 0.3 is 0 Å². The van der Waals surface area contributed by atoms with Crippen LogP contribution in [0.25, 0.3) is 0 Å². The Morgan fingerprint density at radius 2 is 1.92 bits per heavy atom. The molecule has 6 heteroatoms. The lowest BCUT2D eigenvalue weighted by atomic mass is 10.1. The fourth-order valence-electron chi connectivity index (χ4n) is 2.45. The van der Waals surface area contributed by atoms with Crippen molar-refractivity contribution in [2.75, 3.05) is 16.0 Å². The van der Waals surface area contributed by atoms with Gasteiger partial charge in [0, 0.05) is 16.1 Å². The van der Waals surface area contributed by atoms with Gasteiger partial charge in [-0.15, -0.1) is 11.8 Å². The minimum Gasteiger partial charge on any atom is -0.332 e. The molecule has 1 amide bonds. The first-order valence-electron chi connectivity index (χ1n) is 7.44. The topological polar surface area (TPSA) is 49.4 Å². The van der Waals surface area contributed by atoms with Gasteiger partial charge in [-0.2, -0.15) is 0 Å². The first-order valence-corrected chi connectivity index (χ1v) is 8.83. The zero-order valence-corrected chi connectivity index (χ0v) is 15.0. The third-order valence-electron chi connectivity index (χ3n) is 3.70. The molecule has 1 aliphatic heterocycles. The van der Waals surface area contributed by atoms with E-state index in [1.807, 2.05) is 19.1 Å². The summed E-state index contributed by atoms with van der Waals surface area (Å²) in [4.78, 5) is 26.3. The normalized spacial score (nSPS) is 13.4. The van der Waals surface area contributed by atoms with Crippen molar-refractivity contribution in [2.45, 2.75) is 18.7 Å². The lowest BCUT2D eigenvalue weighted by Gasteiger charge is -2.29. The molecule has 0 saturated carbocycles. The van der Waals surface area contributed by atoms with E-state index in [9.17, 15) is 9.59 Å². The molecule has 0 fully saturated rings. The Balaban J connectivity index is 1.84. The first-order chi connectivity index (χ1) is 11.5. The molecule has 2 aromatic carbocycles. The molecule has 1 aliphatic rings. The molecule has 2 aromatic rings. The summed E-state index contributed by atoms with van der Waals surface area (Å²) in [5.74, 6) is 0.326. The van der Waals surface area contributed by atoms with E-state index in [1.165, 1.54) is 18.7 Å². The van der Waals surface area contributed by atoms with Crippen LogP contribution in [-0.4, -0.2) is 22.6 Å². The van der Waals surface area contributed by atoms with Gasteiger partial charge in [-0.05, 0) is 68.0 Å². The number of benzene rings is 2. The van der Waals surface area contributed by atoms with Crippen molar-refractivity contribution in [3.63, 3.8) is 0 Å². The van der Waals surface area contributed by atoms with Gasteiger partial charge < -0.3 is 5.32 Å². The molecule has 122 valence electrons. The second-order valence-electron chi connectivity index (χ2n) is 5.55. The maximum atomic E-state index is 12.3. The summed E-state index contributed by atoms with van der Waals surface area (Å²) in [6.45, 7) is 3.55. The number of carbonyl (C=O) groups is 2. The highest BCUT2D eigenvalue weighted by Crippen LogP contribution is 2.36. The van der Waals surface area contributed by atoms with Crippen molar-refractivity contribution in [1.82, 2.24) is 0 Å². The van der Waals surface area contributed by atoms with Gasteiger partial charge in [0.05, 0.1) is 11.4 Å². The summed E-state index contributed by atoms with van der Waals surface area (Å²) in [7, 11) is 0. The molecule has 1 heterocycles. The summed E-state index contributed by atoms with van der Waals surface area (Å²) >= 11 is 6.97. The van der Waals surface area contributed by atoms with Gasteiger partial charge in [-0.25, -0.2) is 0 Å². The molecule has 3 rings (SSSR count). The molecule has 4 nitrogen and oxygen atoms in total. The van der Waals surface area contributed by atoms with Gasteiger partial charge in [0.2, 0.25) is 5.91 Å². The van der Waals surface area contributed by atoms with Gasteiger partial charge in [-0.1, -0.05) is 6.07 Å². The van der Waals surface area contributed by atoms with E-state index in [4.69, 9.17) is 12.2 Å². The van der Waals surface area contributed by atoms with Crippen LogP contribution in [0.2, 0.25) is 0 Å². The molecular weight excluding hydrogens is 340 g/mol.